The third kappa shape index (κ3) is 5.20. The van der Waals surface area contributed by atoms with Crippen molar-refractivity contribution in [3.05, 3.63) is 29.8 Å². The second kappa shape index (κ2) is 8.09. The highest BCUT2D eigenvalue weighted by atomic mass is 16.5. The number of hydrogen-bond acceptors (Lipinski definition) is 3. The van der Waals surface area contributed by atoms with E-state index < -0.39 is 0 Å². The zero-order chi connectivity index (χ0) is 12.5. The van der Waals surface area contributed by atoms with Gasteiger partial charge < -0.3 is 14.6 Å². The quantitative estimate of drug-likeness (QED) is 0.706. The van der Waals surface area contributed by atoms with Crippen molar-refractivity contribution < 1.29 is 14.6 Å². The molecule has 0 saturated heterocycles. The van der Waals surface area contributed by atoms with Gasteiger partial charge in [0.15, 0.2) is 0 Å². The van der Waals surface area contributed by atoms with Crippen LogP contribution in [-0.2, 0) is 11.2 Å². The van der Waals surface area contributed by atoms with Crippen molar-refractivity contribution in [3.63, 3.8) is 0 Å². The van der Waals surface area contributed by atoms with E-state index in [1.807, 2.05) is 12.1 Å². The summed E-state index contributed by atoms with van der Waals surface area (Å²) in [5.74, 6) is 1.19. The average molecular weight is 238 g/mol. The number of aliphatic hydroxyl groups is 1. The lowest BCUT2D eigenvalue weighted by atomic mass is 9.95. The first-order chi connectivity index (χ1) is 8.30. The number of aliphatic hydroxyl groups excluding tert-OH is 1. The molecule has 0 aromatic heterocycles. The van der Waals surface area contributed by atoms with Crippen LogP contribution in [0.2, 0.25) is 0 Å². The van der Waals surface area contributed by atoms with E-state index in [-0.39, 0.29) is 6.61 Å². The Bertz CT molecular complexity index is 295. The fourth-order valence-electron chi connectivity index (χ4n) is 1.87. The van der Waals surface area contributed by atoms with E-state index in [1.54, 1.807) is 14.2 Å². The van der Waals surface area contributed by atoms with Crippen LogP contribution in [0.5, 0.6) is 5.75 Å². The first-order valence-electron chi connectivity index (χ1n) is 6.03. The molecule has 0 saturated carbocycles. The Morgan fingerprint density at radius 1 is 1.18 bits per heavy atom. The zero-order valence-electron chi connectivity index (χ0n) is 10.7. The lowest BCUT2D eigenvalue weighted by Crippen LogP contribution is -2.10. The summed E-state index contributed by atoms with van der Waals surface area (Å²) in [5, 5.41) is 9.32. The van der Waals surface area contributed by atoms with Gasteiger partial charge in [-0.15, -0.1) is 0 Å². The molecule has 1 N–H and O–H groups in total. The minimum absolute atomic E-state index is 0.232. The number of rotatable bonds is 8. The summed E-state index contributed by atoms with van der Waals surface area (Å²) in [5.41, 5.74) is 1.24. The van der Waals surface area contributed by atoms with Gasteiger partial charge in [-0.1, -0.05) is 12.1 Å². The van der Waals surface area contributed by atoms with Crippen LogP contribution in [0.25, 0.3) is 0 Å². The molecule has 0 amide bonds. The van der Waals surface area contributed by atoms with Crippen LogP contribution in [0.4, 0.5) is 0 Å². The van der Waals surface area contributed by atoms with Gasteiger partial charge in [0.1, 0.15) is 5.75 Å². The molecule has 1 aromatic rings. The number of methoxy groups -OCH3 is 2. The van der Waals surface area contributed by atoms with Crippen molar-refractivity contribution in [1.82, 2.24) is 0 Å². The molecule has 1 aromatic carbocycles. The summed E-state index contributed by atoms with van der Waals surface area (Å²) in [6, 6.07) is 8.02. The maximum atomic E-state index is 9.32. The molecular weight excluding hydrogens is 216 g/mol. The van der Waals surface area contributed by atoms with E-state index in [0.29, 0.717) is 5.92 Å². The zero-order valence-corrected chi connectivity index (χ0v) is 10.7. The molecule has 0 aliphatic heterocycles. The van der Waals surface area contributed by atoms with E-state index in [4.69, 9.17) is 9.47 Å². The van der Waals surface area contributed by atoms with Crippen molar-refractivity contribution in [2.75, 3.05) is 27.4 Å². The Morgan fingerprint density at radius 3 is 2.41 bits per heavy atom. The minimum atomic E-state index is 0.232. The molecule has 0 fully saturated rings. The van der Waals surface area contributed by atoms with Gasteiger partial charge in [-0.25, -0.2) is 0 Å². The molecule has 1 atom stereocenters. The van der Waals surface area contributed by atoms with Gasteiger partial charge in [0, 0.05) is 20.3 Å². The average Bonchev–Trinajstić information content (AvgIpc) is 2.38. The standard InChI is InChI=1S/C14H22O3/c1-16-9-3-4-13(11-15)10-12-5-7-14(17-2)8-6-12/h5-8,13,15H,3-4,9-11H2,1-2H3. The molecule has 3 nitrogen and oxygen atoms in total. The smallest absolute Gasteiger partial charge is 0.118 e. The highest BCUT2D eigenvalue weighted by molar-refractivity contribution is 5.27. The summed E-state index contributed by atoms with van der Waals surface area (Å²) < 4.78 is 10.1. The first-order valence-corrected chi connectivity index (χ1v) is 6.03. The summed E-state index contributed by atoms with van der Waals surface area (Å²) in [7, 11) is 3.37. The number of hydrogen-bond donors (Lipinski definition) is 1. The monoisotopic (exact) mass is 238 g/mol. The van der Waals surface area contributed by atoms with E-state index in [9.17, 15) is 5.11 Å². The topological polar surface area (TPSA) is 38.7 Å². The maximum absolute atomic E-state index is 9.32. The van der Waals surface area contributed by atoms with Gasteiger partial charge in [-0.3, -0.25) is 0 Å². The highest BCUT2D eigenvalue weighted by Gasteiger charge is 2.08. The fraction of sp³-hybridized carbons (Fsp3) is 0.571. The Morgan fingerprint density at radius 2 is 1.88 bits per heavy atom. The lowest BCUT2D eigenvalue weighted by molar-refractivity contribution is 0.169. The minimum Gasteiger partial charge on any atom is -0.497 e. The summed E-state index contributed by atoms with van der Waals surface area (Å²) in [6.45, 7) is 0.995. The number of ether oxygens (including phenoxy) is 2. The Kier molecular flexibility index (Phi) is 6.67. The van der Waals surface area contributed by atoms with E-state index in [1.165, 1.54) is 5.56 Å². The summed E-state index contributed by atoms with van der Waals surface area (Å²) in [6.07, 6.45) is 2.90. The van der Waals surface area contributed by atoms with Crippen molar-refractivity contribution in [2.24, 2.45) is 5.92 Å². The third-order valence-electron chi connectivity index (χ3n) is 2.90. The van der Waals surface area contributed by atoms with Gasteiger partial charge in [0.2, 0.25) is 0 Å². The van der Waals surface area contributed by atoms with E-state index >= 15 is 0 Å². The summed E-state index contributed by atoms with van der Waals surface area (Å²) >= 11 is 0. The second-order valence-electron chi connectivity index (χ2n) is 4.24. The predicted octanol–water partition coefficient (Wildman–Crippen LogP) is 2.27. The van der Waals surface area contributed by atoms with Gasteiger partial charge in [0.25, 0.3) is 0 Å². The van der Waals surface area contributed by atoms with Gasteiger partial charge in [-0.2, -0.15) is 0 Å². The number of benzene rings is 1. The van der Waals surface area contributed by atoms with Crippen LogP contribution in [0.3, 0.4) is 0 Å². The van der Waals surface area contributed by atoms with E-state index in [2.05, 4.69) is 12.1 Å². The predicted molar refractivity (Wildman–Crippen MR) is 68.4 cm³/mol. The van der Waals surface area contributed by atoms with Crippen molar-refractivity contribution in [1.29, 1.82) is 0 Å². The largest absolute Gasteiger partial charge is 0.497 e. The molecule has 3 heteroatoms. The Balaban J connectivity index is 2.43. The lowest BCUT2D eigenvalue weighted by Gasteiger charge is -2.14. The van der Waals surface area contributed by atoms with Gasteiger partial charge in [-0.05, 0) is 42.9 Å². The molecule has 0 aliphatic carbocycles. The Hall–Kier alpha value is -1.06. The summed E-state index contributed by atoms with van der Waals surface area (Å²) in [4.78, 5) is 0. The molecule has 0 heterocycles. The van der Waals surface area contributed by atoms with Crippen molar-refractivity contribution >= 4 is 0 Å². The Labute approximate surface area is 103 Å². The van der Waals surface area contributed by atoms with Crippen LogP contribution >= 0.6 is 0 Å². The normalized spacial score (nSPS) is 12.4. The molecule has 1 unspecified atom stereocenters. The van der Waals surface area contributed by atoms with Crippen LogP contribution in [-0.4, -0.2) is 32.5 Å². The third-order valence-corrected chi connectivity index (χ3v) is 2.90. The van der Waals surface area contributed by atoms with Gasteiger partial charge in [0.05, 0.1) is 7.11 Å². The van der Waals surface area contributed by atoms with Crippen LogP contribution in [0.1, 0.15) is 18.4 Å². The fourth-order valence-corrected chi connectivity index (χ4v) is 1.87. The molecule has 96 valence electrons. The molecule has 0 aliphatic rings. The van der Waals surface area contributed by atoms with Crippen LogP contribution < -0.4 is 4.74 Å². The van der Waals surface area contributed by atoms with E-state index in [0.717, 1.165) is 31.6 Å². The van der Waals surface area contributed by atoms with Crippen LogP contribution in [0.15, 0.2) is 24.3 Å². The molecule has 0 radical (unpaired) electrons. The molecule has 17 heavy (non-hydrogen) atoms. The SMILES string of the molecule is COCCCC(CO)Cc1ccc(OC)cc1. The molecule has 1 rings (SSSR count). The molecule has 0 bridgehead atoms. The maximum Gasteiger partial charge on any atom is 0.118 e. The van der Waals surface area contributed by atoms with Crippen molar-refractivity contribution in [3.8, 4) is 5.75 Å². The van der Waals surface area contributed by atoms with Gasteiger partial charge >= 0.3 is 0 Å². The van der Waals surface area contributed by atoms with Crippen molar-refractivity contribution in [2.45, 2.75) is 19.3 Å². The molecular formula is C14H22O3. The highest BCUT2D eigenvalue weighted by Crippen LogP contribution is 2.17. The second-order valence-corrected chi connectivity index (χ2v) is 4.24. The first kappa shape index (κ1) is 14.0. The van der Waals surface area contributed by atoms with Crippen LogP contribution in [0, 0.1) is 5.92 Å². The molecule has 0 spiro atoms.